The van der Waals surface area contributed by atoms with Gasteiger partial charge < -0.3 is 10.1 Å². The van der Waals surface area contributed by atoms with E-state index in [2.05, 4.69) is 55.6 Å². The van der Waals surface area contributed by atoms with Crippen LogP contribution in [-0.4, -0.2) is 19.7 Å². The maximum atomic E-state index is 5.43. The number of benzene rings is 2. The van der Waals surface area contributed by atoms with Crippen molar-refractivity contribution in [2.75, 3.05) is 13.7 Å². The van der Waals surface area contributed by atoms with Crippen molar-refractivity contribution in [1.29, 1.82) is 0 Å². The molecule has 0 amide bonds. The van der Waals surface area contributed by atoms with E-state index in [-0.39, 0.29) is 0 Å². The highest BCUT2D eigenvalue weighted by molar-refractivity contribution is 5.91. The van der Waals surface area contributed by atoms with Crippen LogP contribution in [0.15, 0.2) is 36.4 Å². The first-order valence-electron chi connectivity index (χ1n) is 7.04. The fraction of sp³-hybridized carbons (Fsp3) is 0.412. The largest absolute Gasteiger partial charge is 0.496 e. The van der Waals surface area contributed by atoms with E-state index in [1.165, 1.54) is 16.3 Å². The summed E-state index contributed by atoms with van der Waals surface area (Å²) in [4.78, 5) is 0. The SMILES string of the molecule is CCNC(C)CCc1ccc(OC)c2ccccc12. The van der Waals surface area contributed by atoms with Gasteiger partial charge in [0, 0.05) is 11.4 Å². The number of aryl methyl sites for hydroxylation is 1. The molecule has 0 aliphatic heterocycles. The van der Waals surface area contributed by atoms with Crippen molar-refractivity contribution in [3.63, 3.8) is 0 Å². The van der Waals surface area contributed by atoms with Crippen LogP contribution in [0, 0.1) is 0 Å². The van der Waals surface area contributed by atoms with Crippen molar-refractivity contribution < 1.29 is 4.74 Å². The van der Waals surface area contributed by atoms with Crippen LogP contribution in [-0.2, 0) is 6.42 Å². The van der Waals surface area contributed by atoms with Gasteiger partial charge in [-0.3, -0.25) is 0 Å². The molecule has 0 bridgehead atoms. The Morgan fingerprint density at radius 2 is 1.84 bits per heavy atom. The molecular weight excluding hydrogens is 234 g/mol. The van der Waals surface area contributed by atoms with Gasteiger partial charge in [-0.15, -0.1) is 0 Å². The highest BCUT2D eigenvalue weighted by Crippen LogP contribution is 2.29. The van der Waals surface area contributed by atoms with Gasteiger partial charge in [0.15, 0.2) is 0 Å². The lowest BCUT2D eigenvalue weighted by Gasteiger charge is -2.14. The number of nitrogens with one attached hydrogen (secondary N) is 1. The molecule has 0 saturated heterocycles. The molecule has 2 aromatic carbocycles. The summed E-state index contributed by atoms with van der Waals surface area (Å²) in [7, 11) is 1.73. The zero-order valence-electron chi connectivity index (χ0n) is 12.1. The van der Waals surface area contributed by atoms with E-state index in [1.54, 1.807) is 7.11 Å². The Balaban J connectivity index is 2.24. The summed E-state index contributed by atoms with van der Waals surface area (Å²) >= 11 is 0. The number of hydrogen-bond donors (Lipinski definition) is 1. The highest BCUT2D eigenvalue weighted by Gasteiger charge is 2.07. The minimum Gasteiger partial charge on any atom is -0.496 e. The summed E-state index contributed by atoms with van der Waals surface area (Å²) in [6, 6.07) is 13.3. The van der Waals surface area contributed by atoms with Gasteiger partial charge in [0.05, 0.1) is 7.11 Å². The molecule has 0 spiro atoms. The third-order valence-electron chi connectivity index (χ3n) is 3.59. The molecule has 2 nitrogen and oxygen atoms in total. The summed E-state index contributed by atoms with van der Waals surface area (Å²) in [5.41, 5.74) is 1.40. The lowest BCUT2D eigenvalue weighted by molar-refractivity contribution is 0.419. The van der Waals surface area contributed by atoms with Crippen LogP contribution in [0.2, 0.25) is 0 Å². The summed E-state index contributed by atoms with van der Waals surface area (Å²) in [5.74, 6) is 0.957. The summed E-state index contributed by atoms with van der Waals surface area (Å²) in [6.07, 6.45) is 2.25. The minimum absolute atomic E-state index is 0.561. The molecule has 0 aliphatic carbocycles. The van der Waals surface area contributed by atoms with Gasteiger partial charge in [0.1, 0.15) is 5.75 Å². The summed E-state index contributed by atoms with van der Waals surface area (Å²) in [5, 5.41) is 5.98. The van der Waals surface area contributed by atoms with Gasteiger partial charge >= 0.3 is 0 Å². The van der Waals surface area contributed by atoms with Crippen LogP contribution >= 0.6 is 0 Å². The second kappa shape index (κ2) is 6.58. The van der Waals surface area contributed by atoms with E-state index in [4.69, 9.17) is 4.74 Å². The number of methoxy groups -OCH3 is 1. The van der Waals surface area contributed by atoms with Crippen molar-refractivity contribution in [3.8, 4) is 5.75 Å². The standard InChI is InChI=1S/C17H23NO/c1-4-18-13(2)9-10-14-11-12-17(19-3)16-8-6-5-7-15(14)16/h5-8,11-13,18H,4,9-10H2,1-3H3. The number of fused-ring (bicyclic) bond motifs is 1. The molecule has 0 radical (unpaired) electrons. The average molecular weight is 257 g/mol. The molecule has 0 heterocycles. The van der Waals surface area contributed by atoms with Crippen molar-refractivity contribution in [2.24, 2.45) is 0 Å². The maximum absolute atomic E-state index is 5.43. The predicted octanol–water partition coefficient (Wildman–Crippen LogP) is 3.78. The molecular formula is C17H23NO. The fourth-order valence-electron chi connectivity index (χ4n) is 2.55. The van der Waals surface area contributed by atoms with Crippen molar-refractivity contribution in [1.82, 2.24) is 5.32 Å². The summed E-state index contributed by atoms with van der Waals surface area (Å²) < 4.78 is 5.43. The molecule has 0 aliphatic rings. The molecule has 0 aromatic heterocycles. The maximum Gasteiger partial charge on any atom is 0.126 e. The quantitative estimate of drug-likeness (QED) is 0.850. The molecule has 1 N–H and O–H groups in total. The van der Waals surface area contributed by atoms with Crippen molar-refractivity contribution in [3.05, 3.63) is 42.0 Å². The van der Waals surface area contributed by atoms with Gasteiger partial charge in [-0.25, -0.2) is 0 Å². The Kier molecular flexibility index (Phi) is 4.80. The topological polar surface area (TPSA) is 21.3 Å². The van der Waals surface area contributed by atoms with Crippen molar-refractivity contribution in [2.45, 2.75) is 32.7 Å². The molecule has 2 aromatic rings. The Morgan fingerprint density at radius 1 is 1.11 bits per heavy atom. The Hall–Kier alpha value is -1.54. The van der Waals surface area contributed by atoms with E-state index in [0.29, 0.717) is 6.04 Å². The molecule has 102 valence electrons. The zero-order valence-corrected chi connectivity index (χ0v) is 12.1. The molecule has 1 unspecified atom stereocenters. The summed E-state index contributed by atoms with van der Waals surface area (Å²) in [6.45, 7) is 5.43. The first kappa shape index (κ1) is 13.9. The minimum atomic E-state index is 0.561. The number of rotatable bonds is 6. The predicted molar refractivity (Wildman–Crippen MR) is 82.0 cm³/mol. The van der Waals surface area contributed by atoms with Crippen LogP contribution in [0.5, 0.6) is 5.75 Å². The van der Waals surface area contributed by atoms with E-state index >= 15 is 0 Å². The fourth-order valence-corrected chi connectivity index (χ4v) is 2.55. The molecule has 2 heteroatoms. The highest BCUT2D eigenvalue weighted by atomic mass is 16.5. The van der Waals surface area contributed by atoms with Crippen LogP contribution in [0.25, 0.3) is 10.8 Å². The Morgan fingerprint density at radius 3 is 2.53 bits per heavy atom. The smallest absolute Gasteiger partial charge is 0.126 e. The lowest BCUT2D eigenvalue weighted by Crippen LogP contribution is -2.25. The monoisotopic (exact) mass is 257 g/mol. The van der Waals surface area contributed by atoms with Crippen molar-refractivity contribution >= 4 is 10.8 Å². The van der Waals surface area contributed by atoms with Gasteiger partial charge in [-0.05, 0) is 43.3 Å². The third-order valence-corrected chi connectivity index (χ3v) is 3.59. The first-order valence-corrected chi connectivity index (χ1v) is 7.04. The lowest BCUT2D eigenvalue weighted by atomic mass is 9.98. The van der Waals surface area contributed by atoms with E-state index < -0.39 is 0 Å². The molecule has 0 fully saturated rings. The second-order valence-corrected chi connectivity index (χ2v) is 4.97. The van der Waals surface area contributed by atoms with Gasteiger partial charge in [0.25, 0.3) is 0 Å². The van der Waals surface area contributed by atoms with Gasteiger partial charge in [0.2, 0.25) is 0 Å². The third kappa shape index (κ3) is 3.27. The van der Waals surface area contributed by atoms with Crippen LogP contribution in [0.4, 0.5) is 0 Å². The number of ether oxygens (including phenoxy) is 1. The van der Waals surface area contributed by atoms with Crippen LogP contribution in [0.3, 0.4) is 0 Å². The van der Waals surface area contributed by atoms with Crippen LogP contribution in [0.1, 0.15) is 25.8 Å². The van der Waals surface area contributed by atoms with E-state index in [1.807, 2.05) is 0 Å². The van der Waals surface area contributed by atoms with Crippen LogP contribution < -0.4 is 10.1 Å². The van der Waals surface area contributed by atoms with Gasteiger partial charge in [-0.2, -0.15) is 0 Å². The number of hydrogen-bond acceptors (Lipinski definition) is 2. The van der Waals surface area contributed by atoms with E-state index in [9.17, 15) is 0 Å². The van der Waals surface area contributed by atoms with Gasteiger partial charge in [-0.1, -0.05) is 37.3 Å². The Labute approximate surface area is 115 Å². The van der Waals surface area contributed by atoms with E-state index in [0.717, 1.165) is 25.1 Å². The zero-order chi connectivity index (χ0) is 13.7. The average Bonchev–Trinajstić information content (AvgIpc) is 2.45. The molecule has 2 rings (SSSR count). The molecule has 0 saturated carbocycles. The normalized spacial score (nSPS) is 12.6. The second-order valence-electron chi connectivity index (χ2n) is 4.97. The first-order chi connectivity index (χ1) is 9.26. The molecule has 1 atom stereocenters. The Bertz CT molecular complexity index is 536. The molecule has 19 heavy (non-hydrogen) atoms.